The number of aliphatic hydroxyl groups excluding tert-OH is 1. The fraction of sp³-hybridized carbons (Fsp3) is 0.176. The van der Waals surface area contributed by atoms with Crippen molar-refractivity contribution in [2.75, 3.05) is 0 Å². The van der Waals surface area contributed by atoms with Crippen molar-refractivity contribution in [2.24, 2.45) is 0 Å². The first-order chi connectivity index (χ1) is 12.3. The summed E-state index contributed by atoms with van der Waals surface area (Å²) in [7, 11) is 0. The molecule has 0 bridgehead atoms. The molecule has 0 aliphatic carbocycles. The van der Waals surface area contributed by atoms with Crippen LogP contribution in [-0.4, -0.2) is 16.0 Å². The van der Waals surface area contributed by atoms with Crippen LogP contribution in [0.25, 0.3) is 21.2 Å². The van der Waals surface area contributed by atoms with Gasteiger partial charge in [0.05, 0.1) is 24.1 Å². The molecule has 4 nitrogen and oxygen atoms in total. The summed E-state index contributed by atoms with van der Waals surface area (Å²) in [5.41, 5.74) is -1.42. The second-order valence-corrected chi connectivity index (χ2v) is 6.36. The molecule has 0 aliphatic rings. The Bertz CT molecular complexity index is 1050. The van der Waals surface area contributed by atoms with Crippen molar-refractivity contribution in [1.82, 2.24) is 4.57 Å². The van der Waals surface area contributed by atoms with Gasteiger partial charge in [-0.1, -0.05) is 6.07 Å². The molecule has 1 aromatic carbocycles. The number of aromatic nitrogens is 1. The Morgan fingerprint density at radius 1 is 1.27 bits per heavy atom. The lowest BCUT2D eigenvalue weighted by Gasteiger charge is -2.10. The van der Waals surface area contributed by atoms with E-state index < -0.39 is 29.7 Å². The monoisotopic (exact) mass is 385 g/mol. The van der Waals surface area contributed by atoms with E-state index in [0.717, 1.165) is 22.0 Å². The average molecular weight is 385 g/mol. The SMILES string of the molecule is O=CCn1cc(CO)c2scc(-c3ccc(F)c(C(F)(F)F)c3)c2c1=O. The van der Waals surface area contributed by atoms with E-state index in [1.54, 1.807) is 0 Å². The van der Waals surface area contributed by atoms with Crippen molar-refractivity contribution in [3.05, 3.63) is 57.1 Å². The number of alkyl halides is 3. The highest BCUT2D eigenvalue weighted by Gasteiger charge is 2.34. The zero-order valence-corrected chi connectivity index (χ0v) is 13.8. The predicted molar refractivity (Wildman–Crippen MR) is 88.5 cm³/mol. The molecule has 0 aliphatic heterocycles. The Morgan fingerprint density at radius 2 is 2.00 bits per heavy atom. The van der Waals surface area contributed by atoms with E-state index in [4.69, 9.17) is 0 Å². The fourth-order valence-corrected chi connectivity index (χ4v) is 3.78. The van der Waals surface area contributed by atoms with Crippen molar-refractivity contribution in [3.8, 4) is 11.1 Å². The number of aldehydes is 1. The lowest BCUT2D eigenvalue weighted by atomic mass is 10.0. The molecule has 136 valence electrons. The molecule has 3 aromatic rings. The van der Waals surface area contributed by atoms with Crippen LogP contribution in [0.1, 0.15) is 11.1 Å². The van der Waals surface area contributed by atoms with E-state index in [0.29, 0.717) is 28.7 Å². The number of carbonyl (C=O) groups excluding carboxylic acids is 1. The molecule has 0 amide bonds. The lowest BCUT2D eigenvalue weighted by molar-refractivity contribution is -0.139. The number of hydrogen-bond acceptors (Lipinski definition) is 4. The Kier molecular flexibility index (Phi) is 4.68. The largest absolute Gasteiger partial charge is 0.419 e. The molecular formula is C17H11F4NO3S. The summed E-state index contributed by atoms with van der Waals surface area (Å²) in [6, 6.07) is 2.49. The normalized spacial score (nSPS) is 11.9. The third-order valence-corrected chi connectivity index (χ3v) is 4.95. The van der Waals surface area contributed by atoms with Crippen LogP contribution in [0.2, 0.25) is 0 Å². The topological polar surface area (TPSA) is 59.3 Å². The Balaban J connectivity index is 2.32. The van der Waals surface area contributed by atoms with Crippen LogP contribution in [0.15, 0.2) is 34.6 Å². The summed E-state index contributed by atoms with van der Waals surface area (Å²) in [4.78, 5) is 23.4. The van der Waals surface area contributed by atoms with E-state index in [-0.39, 0.29) is 23.1 Å². The Labute approximate surface area is 147 Å². The molecule has 0 fully saturated rings. The van der Waals surface area contributed by atoms with Crippen molar-refractivity contribution in [3.63, 3.8) is 0 Å². The third-order valence-electron chi connectivity index (χ3n) is 3.89. The van der Waals surface area contributed by atoms with Gasteiger partial charge in [0.15, 0.2) is 0 Å². The van der Waals surface area contributed by atoms with E-state index in [2.05, 4.69) is 0 Å². The van der Waals surface area contributed by atoms with Gasteiger partial charge in [0.2, 0.25) is 0 Å². The number of fused-ring (bicyclic) bond motifs is 1. The van der Waals surface area contributed by atoms with Gasteiger partial charge in [-0.25, -0.2) is 4.39 Å². The summed E-state index contributed by atoms with van der Waals surface area (Å²) in [6.45, 7) is -0.666. The van der Waals surface area contributed by atoms with Crippen molar-refractivity contribution in [1.29, 1.82) is 0 Å². The van der Waals surface area contributed by atoms with Gasteiger partial charge in [-0.3, -0.25) is 4.79 Å². The third kappa shape index (κ3) is 3.04. The van der Waals surface area contributed by atoms with Gasteiger partial charge < -0.3 is 14.5 Å². The number of hydrogen-bond donors (Lipinski definition) is 1. The molecule has 0 saturated carbocycles. The highest BCUT2D eigenvalue weighted by molar-refractivity contribution is 7.18. The number of thiophene rings is 1. The lowest BCUT2D eigenvalue weighted by Crippen LogP contribution is -2.21. The fourth-order valence-electron chi connectivity index (χ4n) is 2.71. The van der Waals surface area contributed by atoms with Crippen molar-refractivity contribution in [2.45, 2.75) is 19.3 Å². The summed E-state index contributed by atoms with van der Waals surface area (Å²) < 4.78 is 53.9. The highest BCUT2D eigenvalue weighted by atomic mass is 32.1. The molecule has 0 radical (unpaired) electrons. The first-order valence-electron chi connectivity index (χ1n) is 7.33. The van der Waals surface area contributed by atoms with Crippen LogP contribution in [0, 0.1) is 5.82 Å². The predicted octanol–water partition coefficient (Wildman–Crippen LogP) is 3.58. The molecule has 0 atom stereocenters. The number of aliphatic hydroxyl groups is 1. The Morgan fingerprint density at radius 3 is 2.62 bits per heavy atom. The van der Waals surface area contributed by atoms with Gasteiger partial charge in [0.1, 0.15) is 12.1 Å². The van der Waals surface area contributed by atoms with Gasteiger partial charge in [-0.2, -0.15) is 13.2 Å². The summed E-state index contributed by atoms with van der Waals surface area (Å²) in [5, 5.41) is 11.1. The number of benzene rings is 1. The maximum atomic E-state index is 13.5. The molecule has 3 rings (SSSR count). The standard InChI is InChI=1S/C17H11F4NO3S/c18-13-2-1-9(5-12(13)17(19,20)21)11-8-26-15-10(7-24)6-22(3-4-23)16(25)14(11)15/h1-2,4-6,8,24H,3,7H2. The second-order valence-electron chi connectivity index (χ2n) is 5.48. The van der Waals surface area contributed by atoms with Crippen LogP contribution in [-0.2, 0) is 24.1 Å². The van der Waals surface area contributed by atoms with Gasteiger partial charge in [0.25, 0.3) is 5.56 Å². The van der Waals surface area contributed by atoms with Gasteiger partial charge >= 0.3 is 6.18 Å². The second kappa shape index (κ2) is 6.65. The van der Waals surface area contributed by atoms with Gasteiger partial charge in [-0.05, 0) is 17.7 Å². The summed E-state index contributed by atoms with van der Waals surface area (Å²) in [5.74, 6) is -1.41. The van der Waals surface area contributed by atoms with Crippen molar-refractivity contribution >= 4 is 27.7 Å². The van der Waals surface area contributed by atoms with E-state index in [1.807, 2.05) is 0 Å². The molecule has 9 heteroatoms. The molecular weight excluding hydrogens is 374 g/mol. The van der Waals surface area contributed by atoms with Crippen molar-refractivity contribution < 1.29 is 27.5 Å². The van der Waals surface area contributed by atoms with Crippen LogP contribution >= 0.6 is 11.3 Å². The quantitative estimate of drug-likeness (QED) is 0.552. The van der Waals surface area contributed by atoms with Crippen LogP contribution in [0.5, 0.6) is 0 Å². The number of rotatable bonds is 4. The van der Waals surface area contributed by atoms with Gasteiger partial charge in [-0.15, -0.1) is 11.3 Å². The van der Waals surface area contributed by atoms with Crippen LogP contribution in [0.3, 0.4) is 0 Å². The molecule has 26 heavy (non-hydrogen) atoms. The number of halogens is 4. The van der Waals surface area contributed by atoms with E-state index >= 15 is 0 Å². The molecule has 1 N–H and O–H groups in total. The summed E-state index contributed by atoms with van der Waals surface area (Å²) >= 11 is 1.08. The highest BCUT2D eigenvalue weighted by Crippen LogP contribution is 2.38. The number of pyridine rings is 1. The first-order valence-corrected chi connectivity index (χ1v) is 8.21. The molecule has 0 spiro atoms. The maximum absolute atomic E-state index is 13.5. The molecule has 2 aromatic heterocycles. The van der Waals surface area contributed by atoms with E-state index in [1.165, 1.54) is 11.6 Å². The van der Waals surface area contributed by atoms with Gasteiger partial charge in [0, 0.05) is 27.4 Å². The minimum Gasteiger partial charge on any atom is -0.392 e. The average Bonchev–Trinajstić information content (AvgIpc) is 3.02. The maximum Gasteiger partial charge on any atom is 0.419 e. The molecule has 2 heterocycles. The zero-order chi connectivity index (χ0) is 19.1. The first kappa shape index (κ1) is 18.3. The summed E-state index contributed by atoms with van der Waals surface area (Å²) in [6.07, 6.45) is -3.04. The number of carbonyl (C=O) groups is 1. The Hall–Kier alpha value is -2.52. The van der Waals surface area contributed by atoms with Crippen LogP contribution in [0.4, 0.5) is 17.6 Å². The number of nitrogens with zero attached hydrogens (tertiary/aromatic N) is 1. The van der Waals surface area contributed by atoms with Crippen LogP contribution < -0.4 is 5.56 Å². The minimum absolute atomic E-state index is 0.0230. The minimum atomic E-state index is -4.88. The van der Waals surface area contributed by atoms with E-state index in [9.17, 15) is 32.3 Å². The molecule has 0 unspecified atom stereocenters. The molecule has 0 saturated heterocycles. The smallest absolute Gasteiger partial charge is 0.392 e. The zero-order valence-electron chi connectivity index (χ0n) is 13.0.